The molecule has 2 N–H and O–H groups in total. The molecule has 2 aromatic rings. The van der Waals surface area contributed by atoms with E-state index in [1.54, 1.807) is 30.0 Å². The van der Waals surface area contributed by atoms with Gasteiger partial charge in [0.25, 0.3) is 11.8 Å². The molecule has 0 fully saturated rings. The molecule has 120 valence electrons. The van der Waals surface area contributed by atoms with Gasteiger partial charge in [-0.1, -0.05) is 31.2 Å². The van der Waals surface area contributed by atoms with Gasteiger partial charge in [0.15, 0.2) is 0 Å². The van der Waals surface area contributed by atoms with Gasteiger partial charge in [0, 0.05) is 16.9 Å². The zero-order valence-electron chi connectivity index (χ0n) is 13.3. The standard InChI is InChI=1S/C18H20N2O2S/c1-3-13-7-9-15(10-8-13)17(21)19-20-18(22)16-6-4-5-14(11-16)12-23-2/h4-11H,3,12H2,1-2H3,(H,19,21)(H,20,22). The maximum Gasteiger partial charge on any atom is 0.269 e. The van der Waals surface area contributed by atoms with Gasteiger partial charge in [-0.25, -0.2) is 0 Å². The Morgan fingerprint density at radius 3 is 2.17 bits per heavy atom. The minimum absolute atomic E-state index is 0.327. The van der Waals surface area contributed by atoms with E-state index in [4.69, 9.17) is 0 Å². The highest BCUT2D eigenvalue weighted by Crippen LogP contribution is 2.11. The van der Waals surface area contributed by atoms with E-state index in [9.17, 15) is 9.59 Å². The van der Waals surface area contributed by atoms with Crippen LogP contribution in [0.25, 0.3) is 0 Å². The molecule has 0 unspecified atom stereocenters. The number of carbonyl (C=O) groups is 2. The summed E-state index contributed by atoms with van der Waals surface area (Å²) in [6, 6.07) is 14.7. The van der Waals surface area contributed by atoms with Crippen LogP contribution in [0, 0.1) is 0 Å². The molecule has 0 heterocycles. The normalized spacial score (nSPS) is 10.2. The van der Waals surface area contributed by atoms with Crippen molar-refractivity contribution < 1.29 is 9.59 Å². The molecular weight excluding hydrogens is 308 g/mol. The molecule has 0 aliphatic carbocycles. The number of amides is 2. The molecular formula is C18H20N2O2S. The fourth-order valence-electron chi connectivity index (χ4n) is 2.12. The second-order valence-corrected chi connectivity index (χ2v) is 5.96. The van der Waals surface area contributed by atoms with Crippen molar-refractivity contribution in [1.29, 1.82) is 0 Å². The second-order valence-electron chi connectivity index (χ2n) is 5.09. The maximum atomic E-state index is 12.1. The number of hydrazine groups is 1. The third-order valence-electron chi connectivity index (χ3n) is 3.41. The lowest BCUT2D eigenvalue weighted by Gasteiger charge is -2.09. The average molecular weight is 328 g/mol. The molecule has 0 bridgehead atoms. The topological polar surface area (TPSA) is 58.2 Å². The molecule has 0 aromatic heterocycles. The lowest BCUT2D eigenvalue weighted by atomic mass is 10.1. The summed E-state index contributed by atoms with van der Waals surface area (Å²) in [5.41, 5.74) is 8.17. The highest BCUT2D eigenvalue weighted by atomic mass is 32.2. The Hall–Kier alpha value is -2.27. The molecule has 4 nitrogen and oxygen atoms in total. The minimum Gasteiger partial charge on any atom is -0.267 e. The number of rotatable bonds is 5. The molecule has 5 heteroatoms. The van der Waals surface area contributed by atoms with Crippen molar-refractivity contribution in [2.75, 3.05) is 6.26 Å². The fraction of sp³-hybridized carbons (Fsp3) is 0.222. The molecule has 2 aromatic carbocycles. The molecule has 0 atom stereocenters. The molecule has 0 saturated carbocycles. The van der Waals surface area contributed by atoms with Crippen molar-refractivity contribution >= 4 is 23.6 Å². The number of hydrogen-bond donors (Lipinski definition) is 2. The zero-order chi connectivity index (χ0) is 16.7. The lowest BCUT2D eigenvalue weighted by molar-refractivity contribution is 0.0846. The van der Waals surface area contributed by atoms with Crippen LogP contribution >= 0.6 is 11.8 Å². The van der Waals surface area contributed by atoms with Crippen LogP contribution in [0.4, 0.5) is 0 Å². The Balaban J connectivity index is 1.95. The summed E-state index contributed by atoms with van der Waals surface area (Å²) in [6.45, 7) is 2.06. The lowest BCUT2D eigenvalue weighted by Crippen LogP contribution is -2.41. The molecule has 2 amide bonds. The summed E-state index contributed by atoms with van der Waals surface area (Å²) in [5, 5.41) is 0. The molecule has 0 aliphatic rings. The average Bonchev–Trinajstić information content (AvgIpc) is 2.60. The van der Waals surface area contributed by atoms with Gasteiger partial charge >= 0.3 is 0 Å². The predicted molar refractivity (Wildman–Crippen MR) is 94.4 cm³/mol. The Kier molecular flexibility index (Phi) is 6.23. The Morgan fingerprint density at radius 2 is 1.57 bits per heavy atom. The van der Waals surface area contributed by atoms with Crippen molar-refractivity contribution in [2.24, 2.45) is 0 Å². The van der Waals surface area contributed by atoms with Crippen molar-refractivity contribution in [3.05, 3.63) is 70.8 Å². The number of aryl methyl sites for hydroxylation is 1. The number of thioether (sulfide) groups is 1. The van der Waals surface area contributed by atoms with Crippen LogP contribution in [-0.2, 0) is 12.2 Å². The summed E-state index contributed by atoms with van der Waals surface area (Å²) in [6.07, 6.45) is 2.93. The summed E-state index contributed by atoms with van der Waals surface area (Å²) in [5.74, 6) is 0.185. The summed E-state index contributed by atoms with van der Waals surface area (Å²) < 4.78 is 0. The monoisotopic (exact) mass is 328 g/mol. The van der Waals surface area contributed by atoms with Crippen molar-refractivity contribution in [3.63, 3.8) is 0 Å². The smallest absolute Gasteiger partial charge is 0.267 e. The molecule has 0 spiro atoms. The van der Waals surface area contributed by atoms with Crippen LogP contribution in [0.3, 0.4) is 0 Å². The van der Waals surface area contributed by atoms with E-state index in [1.807, 2.05) is 36.6 Å². The molecule has 23 heavy (non-hydrogen) atoms. The SMILES string of the molecule is CCc1ccc(C(=O)NNC(=O)c2cccc(CSC)c2)cc1. The highest BCUT2D eigenvalue weighted by molar-refractivity contribution is 7.97. The minimum atomic E-state index is -0.332. The Labute approximate surface area is 140 Å². The van der Waals surface area contributed by atoms with Gasteiger partial charge in [-0.15, -0.1) is 0 Å². The summed E-state index contributed by atoms with van der Waals surface area (Å²) in [4.78, 5) is 24.1. The molecule has 0 saturated heterocycles. The van der Waals surface area contributed by atoms with E-state index in [-0.39, 0.29) is 11.8 Å². The van der Waals surface area contributed by atoms with Crippen LogP contribution in [-0.4, -0.2) is 18.1 Å². The number of benzene rings is 2. The third-order valence-corrected chi connectivity index (χ3v) is 4.04. The van der Waals surface area contributed by atoms with Crippen LogP contribution in [0.2, 0.25) is 0 Å². The molecule has 0 radical (unpaired) electrons. The third kappa shape index (κ3) is 4.86. The van der Waals surface area contributed by atoms with E-state index in [1.165, 1.54) is 0 Å². The first-order valence-electron chi connectivity index (χ1n) is 7.41. The molecule has 0 aliphatic heterocycles. The largest absolute Gasteiger partial charge is 0.269 e. The predicted octanol–water partition coefficient (Wildman–Crippen LogP) is 3.19. The van der Waals surface area contributed by atoms with Gasteiger partial charge in [-0.05, 0) is 48.1 Å². The van der Waals surface area contributed by atoms with Gasteiger partial charge < -0.3 is 0 Å². The van der Waals surface area contributed by atoms with E-state index < -0.39 is 0 Å². The fourth-order valence-corrected chi connectivity index (χ4v) is 2.63. The van der Waals surface area contributed by atoms with Gasteiger partial charge in [0.2, 0.25) is 0 Å². The Bertz CT molecular complexity index is 684. The van der Waals surface area contributed by atoms with Crippen molar-refractivity contribution in [1.82, 2.24) is 10.9 Å². The summed E-state index contributed by atoms with van der Waals surface area (Å²) in [7, 11) is 0. The zero-order valence-corrected chi connectivity index (χ0v) is 14.1. The quantitative estimate of drug-likeness (QED) is 0.829. The van der Waals surface area contributed by atoms with E-state index in [2.05, 4.69) is 17.8 Å². The van der Waals surface area contributed by atoms with Crippen LogP contribution < -0.4 is 10.9 Å². The first kappa shape index (κ1) is 17.1. The maximum absolute atomic E-state index is 12.1. The van der Waals surface area contributed by atoms with Gasteiger partial charge in [-0.2, -0.15) is 11.8 Å². The van der Waals surface area contributed by atoms with Crippen LogP contribution in [0.15, 0.2) is 48.5 Å². The summed E-state index contributed by atoms with van der Waals surface area (Å²) >= 11 is 1.69. The Morgan fingerprint density at radius 1 is 0.913 bits per heavy atom. The first-order valence-corrected chi connectivity index (χ1v) is 8.81. The molecule has 2 rings (SSSR count). The van der Waals surface area contributed by atoms with Gasteiger partial charge in [0.05, 0.1) is 0 Å². The van der Waals surface area contributed by atoms with Crippen LogP contribution in [0.1, 0.15) is 38.8 Å². The number of nitrogens with one attached hydrogen (secondary N) is 2. The van der Waals surface area contributed by atoms with Crippen molar-refractivity contribution in [2.45, 2.75) is 19.1 Å². The van der Waals surface area contributed by atoms with E-state index >= 15 is 0 Å². The van der Waals surface area contributed by atoms with Gasteiger partial charge in [0.1, 0.15) is 0 Å². The number of carbonyl (C=O) groups excluding carboxylic acids is 2. The van der Waals surface area contributed by atoms with Crippen molar-refractivity contribution in [3.8, 4) is 0 Å². The highest BCUT2D eigenvalue weighted by Gasteiger charge is 2.09. The second kappa shape index (κ2) is 8.39. The number of hydrogen-bond acceptors (Lipinski definition) is 3. The van der Waals surface area contributed by atoms with Crippen LogP contribution in [0.5, 0.6) is 0 Å². The first-order chi connectivity index (χ1) is 11.1. The van der Waals surface area contributed by atoms with E-state index in [0.29, 0.717) is 11.1 Å². The van der Waals surface area contributed by atoms with Gasteiger partial charge in [-0.3, -0.25) is 20.4 Å². The van der Waals surface area contributed by atoms with E-state index in [0.717, 1.165) is 23.3 Å².